The third-order valence-electron chi connectivity index (χ3n) is 5.41. The summed E-state index contributed by atoms with van der Waals surface area (Å²) in [4.78, 5) is 19.4. The zero-order valence-electron chi connectivity index (χ0n) is 14.7. The maximum atomic E-state index is 12.8. The molecule has 2 aromatic rings. The number of nitrogens with zero attached hydrogens (tertiary/aromatic N) is 5. The first kappa shape index (κ1) is 16.1. The highest BCUT2D eigenvalue weighted by Gasteiger charge is 2.36. The van der Waals surface area contributed by atoms with Crippen molar-refractivity contribution in [1.29, 1.82) is 0 Å². The van der Waals surface area contributed by atoms with Gasteiger partial charge in [-0.1, -0.05) is 18.2 Å². The smallest absolute Gasteiger partial charge is 0.239 e. The number of piperazine rings is 1. The molecule has 0 bridgehead atoms. The van der Waals surface area contributed by atoms with Crippen LogP contribution < -0.4 is 4.90 Å². The van der Waals surface area contributed by atoms with E-state index in [2.05, 4.69) is 39.2 Å². The van der Waals surface area contributed by atoms with Gasteiger partial charge in [0.05, 0.1) is 12.1 Å². The van der Waals surface area contributed by atoms with Crippen molar-refractivity contribution in [1.82, 2.24) is 19.6 Å². The maximum Gasteiger partial charge on any atom is 0.239 e. The van der Waals surface area contributed by atoms with E-state index in [1.165, 1.54) is 5.69 Å². The van der Waals surface area contributed by atoms with Crippen LogP contribution in [0.3, 0.4) is 0 Å². The minimum atomic E-state index is -0.0462. The molecule has 132 valence electrons. The van der Waals surface area contributed by atoms with Gasteiger partial charge in [-0.3, -0.25) is 14.4 Å². The van der Waals surface area contributed by atoms with Crippen LogP contribution in [0.5, 0.6) is 0 Å². The van der Waals surface area contributed by atoms with Crippen LogP contribution in [0.4, 0.5) is 5.69 Å². The van der Waals surface area contributed by atoms with Gasteiger partial charge in [0.15, 0.2) is 0 Å². The van der Waals surface area contributed by atoms with Crippen LogP contribution in [0.2, 0.25) is 0 Å². The fourth-order valence-corrected chi connectivity index (χ4v) is 3.71. The maximum absolute atomic E-state index is 12.8. The quantitative estimate of drug-likeness (QED) is 0.846. The molecule has 6 heteroatoms. The van der Waals surface area contributed by atoms with Crippen molar-refractivity contribution in [2.45, 2.75) is 19.0 Å². The number of rotatable bonds is 4. The number of amides is 1. The van der Waals surface area contributed by atoms with E-state index in [0.29, 0.717) is 6.04 Å². The number of hydrogen-bond donors (Lipinski definition) is 0. The molecule has 2 aliphatic heterocycles. The Hall–Kier alpha value is -2.34. The Bertz CT molecular complexity index is 688. The van der Waals surface area contributed by atoms with E-state index in [-0.39, 0.29) is 11.9 Å². The van der Waals surface area contributed by atoms with Gasteiger partial charge in [-0.05, 0) is 25.1 Å². The fraction of sp³-hybridized carbons (Fsp3) is 0.474. The number of aromatic nitrogens is 2. The lowest BCUT2D eigenvalue weighted by Gasteiger charge is -2.44. The van der Waals surface area contributed by atoms with Crippen molar-refractivity contribution >= 4 is 11.6 Å². The molecule has 4 rings (SSSR count). The molecule has 6 nitrogen and oxygen atoms in total. The van der Waals surface area contributed by atoms with Gasteiger partial charge < -0.3 is 9.80 Å². The van der Waals surface area contributed by atoms with Crippen molar-refractivity contribution in [2.75, 3.05) is 44.2 Å². The Labute approximate surface area is 148 Å². The molecule has 25 heavy (non-hydrogen) atoms. The van der Waals surface area contributed by atoms with Crippen LogP contribution in [0.15, 0.2) is 48.8 Å². The number of likely N-dealkylation sites (tertiary alicyclic amines) is 1. The molecule has 0 radical (unpaired) electrons. The van der Waals surface area contributed by atoms with E-state index in [1.54, 1.807) is 0 Å². The third-order valence-corrected chi connectivity index (χ3v) is 5.41. The molecule has 0 spiro atoms. The summed E-state index contributed by atoms with van der Waals surface area (Å²) < 4.78 is 1.99. The molecular weight excluding hydrogens is 314 g/mol. The van der Waals surface area contributed by atoms with Crippen molar-refractivity contribution in [2.24, 2.45) is 0 Å². The molecule has 0 aliphatic carbocycles. The van der Waals surface area contributed by atoms with Crippen molar-refractivity contribution in [3.05, 3.63) is 48.8 Å². The second kappa shape index (κ2) is 6.88. The minimum Gasteiger partial charge on any atom is -0.368 e. The summed E-state index contributed by atoms with van der Waals surface area (Å²) in [5, 5.41) is 4.29. The summed E-state index contributed by atoms with van der Waals surface area (Å²) in [7, 11) is 0. The first-order valence-electron chi connectivity index (χ1n) is 9.04. The SMILES string of the molecule is CC(C(=O)N1CCN(c2ccccc2)CC1)N1CC(n2cccn2)C1. The Morgan fingerprint density at radius 1 is 1.08 bits per heavy atom. The minimum absolute atomic E-state index is 0.0462. The normalized spacial score (nSPS) is 20.4. The van der Waals surface area contributed by atoms with Gasteiger partial charge in [0.25, 0.3) is 0 Å². The Balaban J connectivity index is 1.28. The van der Waals surface area contributed by atoms with Gasteiger partial charge in [0.1, 0.15) is 0 Å². The molecule has 1 unspecified atom stereocenters. The third kappa shape index (κ3) is 3.26. The van der Waals surface area contributed by atoms with Gasteiger partial charge in [-0.15, -0.1) is 0 Å². The summed E-state index contributed by atoms with van der Waals surface area (Å²) in [5.41, 5.74) is 1.24. The van der Waals surface area contributed by atoms with Crippen LogP contribution in [-0.2, 0) is 4.79 Å². The molecule has 2 fully saturated rings. The number of hydrogen-bond acceptors (Lipinski definition) is 4. The average molecular weight is 339 g/mol. The average Bonchev–Trinajstić information content (AvgIpc) is 3.15. The molecule has 0 N–H and O–H groups in total. The molecular formula is C19H25N5O. The molecule has 2 saturated heterocycles. The Kier molecular flexibility index (Phi) is 4.44. The first-order chi connectivity index (χ1) is 12.2. The molecule has 1 aromatic carbocycles. The van der Waals surface area contributed by atoms with Gasteiger partial charge in [0, 0.05) is 57.3 Å². The lowest BCUT2D eigenvalue weighted by Crippen LogP contribution is -2.59. The summed E-state index contributed by atoms with van der Waals surface area (Å²) in [6.07, 6.45) is 3.81. The van der Waals surface area contributed by atoms with E-state index in [9.17, 15) is 4.79 Å². The topological polar surface area (TPSA) is 44.6 Å². The molecule has 1 atom stereocenters. The summed E-state index contributed by atoms with van der Waals surface area (Å²) in [6, 6.07) is 12.7. The standard InChI is InChI=1S/C19H25N5O/c1-16(23-14-18(15-23)24-9-5-8-20-24)19(25)22-12-10-21(11-13-22)17-6-3-2-4-7-17/h2-9,16,18H,10-15H2,1H3. The van der Waals surface area contributed by atoms with Gasteiger partial charge in [-0.25, -0.2) is 0 Å². The van der Waals surface area contributed by atoms with Crippen molar-refractivity contribution in [3.8, 4) is 0 Å². The predicted octanol–water partition coefficient (Wildman–Crippen LogP) is 1.48. The van der Waals surface area contributed by atoms with Crippen LogP contribution in [0.25, 0.3) is 0 Å². The highest BCUT2D eigenvalue weighted by atomic mass is 16.2. The zero-order chi connectivity index (χ0) is 17.2. The van der Waals surface area contributed by atoms with Crippen molar-refractivity contribution in [3.63, 3.8) is 0 Å². The van der Waals surface area contributed by atoms with Crippen LogP contribution in [0, 0.1) is 0 Å². The summed E-state index contributed by atoms with van der Waals surface area (Å²) >= 11 is 0. The predicted molar refractivity (Wildman–Crippen MR) is 97.5 cm³/mol. The summed E-state index contributed by atoms with van der Waals surface area (Å²) in [5.74, 6) is 0.256. The van der Waals surface area contributed by atoms with E-state index < -0.39 is 0 Å². The first-order valence-corrected chi connectivity index (χ1v) is 9.04. The van der Waals surface area contributed by atoms with Crippen LogP contribution in [0.1, 0.15) is 13.0 Å². The monoisotopic (exact) mass is 339 g/mol. The Morgan fingerprint density at radius 2 is 1.80 bits per heavy atom. The number of benzene rings is 1. The van der Waals surface area contributed by atoms with Gasteiger partial charge >= 0.3 is 0 Å². The molecule has 2 aliphatic rings. The zero-order valence-corrected chi connectivity index (χ0v) is 14.7. The largest absolute Gasteiger partial charge is 0.368 e. The van der Waals surface area contributed by atoms with E-state index in [0.717, 1.165) is 39.3 Å². The highest BCUT2D eigenvalue weighted by molar-refractivity contribution is 5.82. The van der Waals surface area contributed by atoms with E-state index >= 15 is 0 Å². The highest BCUT2D eigenvalue weighted by Crippen LogP contribution is 2.24. The van der Waals surface area contributed by atoms with Gasteiger partial charge in [-0.2, -0.15) is 5.10 Å². The second-order valence-corrected chi connectivity index (χ2v) is 6.92. The second-order valence-electron chi connectivity index (χ2n) is 6.92. The van der Waals surface area contributed by atoms with E-state index in [1.807, 2.05) is 41.0 Å². The molecule has 1 aromatic heterocycles. The van der Waals surface area contributed by atoms with Crippen LogP contribution in [-0.4, -0.2) is 70.8 Å². The van der Waals surface area contributed by atoms with E-state index in [4.69, 9.17) is 0 Å². The summed E-state index contributed by atoms with van der Waals surface area (Å²) in [6.45, 7) is 7.24. The number of anilines is 1. The molecule has 3 heterocycles. The van der Waals surface area contributed by atoms with Crippen LogP contribution >= 0.6 is 0 Å². The Morgan fingerprint density at radius 3 is 2.44 bits per heavy atom. The molecule has 0 saturated carbocycles. The number of carbonyl (C=O) groups is 1. The number of carbonyl (C=O) groups excluding carboxylic acids is 1. The molecule has 1 amide bonds. The lowest BCUT2D eigenvalue weighted by atomic mass is 10.1. The fourth-order valence-electron chi connectivity index (χ4n) is 3.71. The van der Waals surface area contributed by atoms with Gasteiger partial charge in [0.2, 0.25) is 5.91 Å². The number of para-hydroxylation sites is 1. The van der Waals surface area contributed by atoms with Crippen molar-refractivity contribution < 1.29 is 4.79 Å². The lowest BCUT2D eigenvalue weighted by molar-refractivity contribution is -0.139.